The highest BCUT2D eigenvalue weighted by atomic mass is 15.2. The van der Waals surface area contributed by atoms with E-state index >= 15 is 0 Å². The van der Waals surface area contributed by atoms with Gasteiger partial charge in [0.25, 0.3) is 0 Å². The molecule has 1 aromatic heterocycles. The van der Waals surface area contributed by atoms with Crippen molar-refractivity contribution in [1.82, 2.24) is 4.98 Å². The molecule has 0 radical (unpaired) electrons. The molecular formula is C10H17N3. The van der Waals surface area contributed by atoms with Gasteiger partial charge in [0.05, 0.1) is 11.9 Å². The van der Waals surface area contributed by atoms with Crippen molar-refractivity contribution in [2.24, 2.45) is 0 Å². The van der Waals surface area contributed by atoms with Crippen LogP contribution in [-0.2, 0) is 0 Å². The van der Waals surface area contributed by atoms with Gasteiger partial charge in [-0.15, -0.1) is 0 Å². The van der Waals surface area contributed by atoms with E-state index in [2.05, 4.69) is 30.7 Å². The van der Waals surface area contributed by atoms with Crippen LogP contribution in [0.5, 0.6) is 0 Å². The van der Waals surface area contributed by atoms with Gasteiger partial charge in [-0.3, -0.25) is 0 Å². The first-order chi connectivity index (χ1) is 5.91. The Morgan fingerprint density at radius 2 is 1.92 bits per heavy atom. The summed E-state index contributed by atoms with van der Waals surface area (Å²) in [5.41, 5.74) is 6.70. The molecular weight excluding hydrogens is 162 g/mol. The highest BCUT2D eigenvalue weighted by Crippen LogP contribution is 2.20. The van der Waals surface area contributed by atoms with Gasteiger partial charge in [0.2, 0.25) is 0 Å². The molecule has 0 fully saturated rings. The quantitative estimate of drug-likeness (QED) is 0.716. The molecule has 3 nitrogen and oxygen atoms in total. The lowest BCUT2D eigenvalue weighted by Gasteiger charge is -2.33. The molecule has 0 aromatic carbocycles. The van der Waals surface area contributed by atoms with Gasteiger partial charge in [-0.05, 0) is 32.9 Å². The molecule has 0 spiro atoms. The Hall–Kier alpha value is -1.25. The molecule has 2 N–H and O–H groups in total. The van der Waals surface area contributed by atoms with Crippen molar-refractivity contribution < 1.29 is 0 Å². The van der Waals surface area contributed by atoms with Crippen LogP contribution >= 0.6 is 0 Å². The van der Waals surface area contributed by atoms with Gasteiger partial charge < -0.3 is 10.6 Å². The summed E-state index contributed by atoms with van der Waals surface area (Å²) in [6.07, 6.45) is 1.79. The molecule has 0 bridgehead atoms. The normalized spacial score (nSPS) is 11.4. The summed E-state index contributed by atoms with van der Waals surface area (Å²) in [4.78, 5) is 6.22. The number of nitrogens with two attached hydrogens (primary N) is 1. The first-order valence-electron chi connectivity index (χ1n) is 4.36. The average Bonchev–Trinajstić information content (AvgIpc) is 2.03. The number of anilines is 2. The maximum Gasteiger partial charge on any atom is 0.123 e. The predicted molar refractivity (Wildman–Crippen MR) is 56.8 cm³/mol. The maximum absolute atomic E-state index is 5.51. The minimum atomic E-state index is 0.109. The third-order valence-electron chi connectivity index (χ3n) is 2.16. The van der Waals surface area contributed by atoms with Crippen LogP contribution in [0.2, 0.25) is 0 Å². The second-order valence-electron chi connectivity index (χ2n) is 4.17. The smallest absolute Gasteiger partial charge is 0.123 e. The number of pyridine rings is 1. The molecule has 0 unspecified atom stereocenters. The molecule has 0 amide bonds. The fraction of sp³-hybridized carbons (Fsp3) is 0.500. The fourth-order valence-corrected chi connectivity index (χ4v) is 0.983. The monoisotopic (exact) mass is 179 g/mol. The van der Waals surface area contributed by atoms with Crippen molar-refractivity contribution in [2.45, 2.75) is 26.3 Å². The van der Waals surface area contributed by atoms with E-state index in [1.807, 2.05) is 19.2 Å². The molecule has 1 aromatic rings. The van der Waals surface area contributed by atoms with Crippen LogP contribution in [0.3, 0.4) is 0 Å². The van der Waals surface area contributed by atoms with E-state index in [-0.39, 0.29) is 5.54 Å². The summed E-state index contributed by atoms with van der Waals surface area (Å²) in [7, 11) is 2.05. The van der Waals surface area contributed by atoms with Gasteiger partial charge in [0.15, 0.2) is 0 Å². The SMILES string of the molecule is CN(c1ccc(N)nc1)C(C)(C)C. The zero-order valence-corrected chi connectivity index (χ0v) is 8.70. The Morgan fingerprint density at radius 1 is 1.31 bits per heavy atom. The van der Waals surface area contributed by atoms with Crippen molar-refractivity contribution in [1.29, 1.82) is 0 Å². The summed E-state index contributed by atoms with van der Waals surface area (Å²) < 4.78 is 0. The summed E-state index contributed by atoms with van der Waals surface area (Å²) >= 11 is 0. The highest BCUT2D eigenvalue weighted by Gasteiger charge is 2.17. The van der Waals surface area contributed by atoms with Gasteiger partial charge in [-0.25, -0.2) is 4.98 Å². The molecule has 0 aliphatic heterocycles. The summed E-state index contributed by atoms with van der Waals surface area (Å²) in [5, 5.41) is 0. The zero-order valence-electron chi connectivity index (χ0n) is 8.70. The van der Waals surface area contributed by atoms with Gasteiger partial charge in [-0.1, -0.05) is 0 Å². The molecule has 1 heterocycles. The van der Waals surface area contributed by atoms with E-state index in [1.165, 1.54) is 0 Å². The number of hydrogen-bond donors (Lipinski definition) is 1. The highest BCUT2D eigenvalue weighted by molar-refractivity contribution is 5.48. The standard InChI is InChI=1S/C10H17N3/c1-10(2,3)13(4)8-5-6-9(11)12-7-8/h5-7H,1-4H3,(H2,11,12). The predicted octanol–water partition coefficient (Wildman–Crippen LogP) is 1.90. The van der Waals surface area contributed by atoms with Crippen molar-refractivity contribution in [2.75, 3.05) is 17.7 Å². The van der Waals surface area contributed by atoms with E-state index in [4.69, 9.17) is 5.73 Å². The Labute approximate surface area is 79.6 Å². The fourth-order valence-electron chi connectivity index (χ4n) is 0.983. The lowest BCUT2D eigenvalue weighted by molar-refractivity contribution is 0.538. The molecule has 0 aliphatic carbocycles. The van der Waals surface area contributed by atoms with Crippen molar-refractivity contribution in [3.63, 3.8) is 0 Å². The van der Waals surface area contributed by atoms with Crippen LogP contribution in [0.25, 0.3) is 0 Å². The molecule has 0 saturated carbocycles. The van der Waals surface area contributed by atoms with Crippen molar-refractivity contribution in [3.05, 3.63) is 18.3 Å². The molecule has 0 atom stereocenters. The number of aromatic nitrogens is 1. The first-order valence-corrected chi connectivity index (χ1v) is 4.36. The van der Waals surface area contributed by atoms with Gasteiger partial charge >= 0.3 is 0 Å². The third kappa shape index (κ3) is 2.34. The van der Waals surface area contributed by atoms with E-state index in [0.717, 1.165) is 5.69 Å². The Balaban J connectivity index is 2.90. The number of hydrogen-bond acceptors (Lipinski definition) is 3. The summed E-state index contributed by atoms with van der Waals surface area (Å²) in [5.74, 6) is 0.561. The summed E-state index contributed by atoms with van der Waals surface area (Å²) in [6, 6.07) is 3.80. The minimum absolute atomic E-state index is 0.109. The zero-order chi connectivity index (χ0) is 10.1. The molecule has 0 saturated heterocycles. The van der Waals surface area contributed by atoms with Crippen molar-refractivity contribution >= 4 is 11.5 Å². The van der Waals surface area contributed by atoms with Gasteiger partial charge in [0, 0.05) is 12.6 Å². The van der Waals surface area contributed by atoms with Crippen LogP contribution in [0.1, 0.15) is 20.8 Å². The maximum atomic E-state index is 5.51. The Morgan fingerprint density at radius 3 is 2.31 bits per heavy atom. The van der Waals surface area contributed by atoms with Crippen molar-refractivity contribution in [3.8, 4) is 0 Å². The second kappa shape index (κ2) is 3.24. The number of nitrogens with zero attached hydrogens (tertiary/aromatic N) is 2. The van der Waals surface area contributed by atoms with Crippen LogP contribution in [0.4, 0.5) is 11.5 Å². The van der Waals surface area contributed by atoms with Crippen LogP contribution in [0.15, 0.2) is 18.3 Å². The molecule has 13 heavy (non-hydrogen) atoms. The largest absolute Gasteiger partial charge is 0.384 e. The molecule has 3 heteroatoms. The third-order valence-corrected chi connectivity index (χ3v) is 2.16. The average molecular weight is 179 g/mol. The minimum Gasteiger partial charge on any atom is -0.384 e. The summed E-state index contributed by atoms with van der Waals surface area (Å²) in [6.45, 7) is 6.47. The number of rotatable bonds is 1. The topological polar surface area (TPSA) is 42.1 Å². The molecule has 1 rings (SSSR count). The van der Waals surface area contributed by atoms with E-state index < -0.39 is 0 Å². The molecule has 0 aliphatic rings. The van der Waals surface area contributed by atoms with E-state index in [0.29, 0.717) is 5.82 Å². The van der Waals surface area contributed by atoms with E-state index in [1.54, 1.807) is 6.20 Å². The molecule has 72 valence electrons. The van der Waals surface area contributed by atoms with Crippen LogP contribution in [0, 0.1) is 0 Å². The van der Waals surface area contributed by atoms with E-state index in [9.17, 15) is 0 Å². The van der Waals surface area contributed by atoms with Gasteiger partial charge in [0.1, 0.15) is 5.82 Å². The Bertz CT molecular complexity index is 271. The van der Waals surface area contributed by atoms with Gasteiger partial charge in [-0.2, -0.15) is 0 Å². The first kappa shape index (κ1) is 9.84. The Kier molecular flexibility index (Phi) is 2.45. The number of nitrogen functional groups attached to an aromatic ring is 1. The van der Waals surface area contributed by atoms with Crippen LogP contribution < -0.4 is 10.6 Å². The van der Waals surface area contributed by atoms with Crippen LogP contribution in [-0.4, -0.2) is 17.6 Å². The lowest BCUT2D eigenvalue weighted by atomic mass is 10.1. The second-order valence-corrected chi connectivity index (χ2v) is 4.17. The lowest BCUT2D eigenvalue weighted by Crippen LogP contribution is -2.38.